The van der Waals surface area contributed by atoms with Crippen molar-refractivity contribution in [2.24, 2.45) is 5.73 Å². The number of halogens is 3. The van der Waals surface area contributed by atoms with E-state index in [4.69, 9.17) is 15.2 Å². The van der Waals surface area contributed by atoms with Crippen LogP contribution in [0.1, 0.15) is 52.5 Å². The topological polar surface area (TPSA) is 179 Å². The number of carbonyl (C=O) groups is 3. The number of carbonyl (C=O) groups excluding carboxylic acids is 3. The zero-order valence-electron chi connectivity index (χ0n) is 29.1. The van der Waals surface area contributed by atoms with Crippen LogP contribution in [0.25, 0.3) is 11.3 Å². The maximum atomic E-state index is 15.3. The Kier molecular flexibility index (Phi) is 13.3. The third kappa shape index (κ3) is 9.36. The SMILES string of the molecule is CNCC(=O)OCc1cccnc1N(C)C(=O)OC(C)[n+]1cnn(C[C@](O)(c2cc(F)ccc2F)[C@@H](C)c2nc(-c3ccc(C(N)=O)cc3)cs2)c1.Cl. The molecule has 14 nitrogen and oxygen atoms in total. The molecule has 4 N–H and O–H groups in total. The molecule has 1 unspecified atom stereocenters. The van der Waals surface area contributed by atoms with Gasteiger partial charge in [0, 0.05) is 58.8 Å². The van der Waals surface area contributed by atoms with Crippen LogP contribution in [0.2, 0.25) is 0 Å². The van der Waals surface area contributed by atoms with Gasteiger partial charge in [-0.15, -0.1) is 28.4 Å². The number of nitrogens with zero attached hydrogens (tertiary/aromatic N) is 6. The van der Waals surface area contributed by atoms with Crippen molar-refractivity contribution in [2.75, 3.05) is 25.5 Å². The quantitative estimate of drug-likeness (QED) is 0.109. The van der Waals surface area contributed by atoms with Gasteiger partial charge in [0.1, 0.15) is 36.2 Å². The standard InChI is InChI=1S/C35H36F2N8O6S.ClH/c1-21(33-42-29(17-52-33)23-7-9-24(10-8-23)31(38)47)35(49,27-14-26(36)11-12-28(27)37)18-45-20-44(19-41-45)22(2)51-34(48)43(4)32-25(6-5-13-40-32)16-50-30(46)15-39-3;/h5-14,17,19-22,39,49H,15-16,18H2,1-4H3,(H-,38,47);1H/p+1/t21-,22?,35+;/m0./s1. The number of nitrogens with one attached hydrogen (secondary N) is 1. The molecular weight excluding hydrogens is 734 g/mol. The molecule has 0 spiro atoms. The van der Waals surface area contributed by atoms with Gasteiger partial charge in [-0.3, -0.25) is 14.5 Å². The predicted molar refractivity (Wildman–Crippen MR) is 192 cm³/mol. The zero-order valence-corrected chi connectivity index (χ0v) is 30.7. The summed E-state index contributed by atoms with van der Waals surface area (Å²) in [7, 11) is 3.07. The highest BCUT2D eigenvalue weighted by Gasteiger charge is 2.43. The fraction of sp³-hybridized carbons (Fsp3) is 0.286. The lowest BCUT2D eigenvalue weighted by molar-refractivity contribution is -0.753. The fourth-order valence-electron chi connectivity index (χ4n) is 5.34. The first-order valence-electron chi connectivity index (χ1n) is 16.0. The number of anilines is 1. The van der Waals surface area contributed by atoms with E-state index >= 15 is 4.39 Å². The van der Waals surface area contributed by atoms with Crippen LogP contribution in [0.3, 0.4) is 0 Å². The average molecular weight is 772 g/mol. The molecule has 5 rings (SSSR count). The lowest BCUT2D eigenvalue weighted by atomic mass is 9.82. The van der Waals surface area contributed by atoms with Crippen LogP contribution in [0.5, 0.6) is 0 Å². The summed E-state index contributed by atoms with van der Waals surface area (Å²) in [6, 6.07) is 12.7. The summed E-state index contributed by atoms with van der Waals surface area (Å²) in [6.45, 7) is 2.80. The molecule has 3 heterocycles. The van der Waals surface area contributed by atoms with Gasteiger partial charge in [-0.05, 0) is 43.4 Å². The number of primary amides is 1. The van der Waals surface area contributed by atoms with Crippen molar-refractivity contribution in [2.45, 2.75) is 44.7 Å². The van der Waals surface area contributed by atoms with Crippen molar-refractivity contribution in [1.29, 1.82) is 0 Å². The maximum absolute atomic E-state index is 15.3. The number of aliphatic hydroxyl groups is 1. The summed E-state index contributed by atoms with van der Waals surface area (Å²) < 4.78 is 43.5. The molecule has 2 amide bonds. The third-order valence-corrected chi connectivity index (χ3v) is 9.36. The number of pyridine rings is 1. The molecule has 0 fully saturated rings. The molecule has 3 aromatic heterocycles. The van der Waals surface area contributed by atoms with Gasteiger partial charge in [0.05, 0.1) is 17.2 Å². The van der Waals surface area contributed by atoms with Crippen molar-refractivity contribution in [1.82, 2.24) is 25.1 Å². The molecular formula is C35H38ClF2N8O6S+. The van der Waals surface area contributed by atoms with E-state index in [1.165, 1.54) is 51.4 Å². The van der Waals surface area contributed by atoms with Gasteiger partial charge in [-0.25, -0.2) is 23.5 Å². The number of ether oxygens (including phenoxy) is 2. The van der Waals surface area contributed by atoms with Crippen LogP contribution in [0.15, 0.2) is 78.8 Å². The van der Waals surface area contributed by atoms with Gasteiger partial charge in [0.15, 0.2) is 0 Å². The van der Waals surface area contributed by atoms with E-state index in [-0.39, 0.29) is 43.5 Å². The van der Waals surface area contributed by atoms with E-state index in [0.29, 0.717) is 27.4 Å². The molecule has 18 heteroatoms. The fourth-order valence-corrected chi connectivity index (χ4v) is 6.31. The number of thiazole rings is 1. The minimum atomic E-state index is -2.06. The van der Waals surface area contributed by atoms with E-state index in [9.17, 15) is 23.9 Å². The Morgan fingerprint density at radius 3 is 2.58 bits per heavy atom. The van der Waals surface area contributed by atoms with E-state index < -0.39 is 47.4 Å². The number of amides is 2. The molecule has 5 aromatic rings. The highest BCUT2D eigenvalue weighted by molar-refractivity contribution is 7.10. The highest BCUT2D eigenvalue weighted by Crippen LogP contribution is 2.41. The number of hydrogen-bond acceptors (Lipinski definition) is 11. The summed E-state index contributed by atoms with van der Waals surface area (Å²) >= 11 is 1.22. The Hall–Kier alpha value is -5.36. The lowest BCUT2D eigenvalue weighted by Gasteiger charge is -2.32. The Morgan fingerprint density at radius 1 is 1.15 bits per heavy atom. The summed E-state index contributed by atoms with van der Waals surface area (Å²) in [6.07, 6.45) is 2.61. The minimum absolute atomic E-state index is 0. The van der Waals surface area contributed by atoms with Crippen LogP contribution in [-0.4, -0.2) is 63.5 Å². The molecule has 0 bridgehead atoms. The van der Waals surface area contributed by atoms with E-state index in [2.05, 4.69) is 20.4 Å². The molecule has 3 atom stereocenters. The molecule has 0 radical (unpaired) electrons. The van der Waals surface area contributed by atoms with Gasteiger partial charge in [0.2, 0.25) is 18.5 Å². The number of benzene rings is 2. The Labute approximate surface area is 313 Å². The average Bonchev–Trinajstić information content (AvgIpc) is 3.82. The number of esters is 1. The normalized spacial score (nSPS) is 13.3. The van der Waals surface area contributed by atoms with Gasteiger partial charge in [-0.2, -0.15) is 4.57 Å². The monoisotopic (exact) mass is 771 g/mol. The van der Waals surface area contributed by atoms with Crippen molar-refractivity contribution in [3.8, 4) is 11.3 Å². The largest absolute Gasteiger partial charge is 0.460 e. The van der Waals surface area contributed by atoms with Crippen LogP contribution in [0, 0.1) is 11.6 Å². The molecule has 2 aromatic carbocycles. The van der Waals surface area contributed by atoms with Crippen LogP contribution >= 0.6 is 23.7 Å². The Morgan fingerprint density at radius 2 is 1.89 bits per heavy atom. The summed E-state index contributed by atoms with van der Waals surface area (Å²) in [4.78, 5) is 46.6. The molecule has 0 saturated heterocycles. The number of likely N-dealkylation sites (N-methyl/N-ethyl adjacent to an activating group) is 1. The van der Waals surface area contributed by atoms with Gasteiger partial charge in [0.25, 0.3) is 6.33 Å². The molecule has 53 heavy (non-hydrogen) atoms. The van der Waals surface area contributed by atoms with E-state index in [1.54, 1.807) is 62.7 Å². The van der Waals surface area contributed by atoms with Crippen molar-refractivity contribution >= 4 is 47.5 Å². The van der Waals surface area contributed by atoms with Gasteiger partial charge in [-0.1, -0.05) is 25.1 Å². The smallest absolute Gasteiger partial charge is 0.418 e. The second-order valence-corrected chi connectivity index (χ2v) is 12.8. The first-order chi connectivity index (χ1) is 24.8. The summed E-state index contributed by atoms with van der Waals surface area (Å²) in [5, 5.41) is 21.5. The molecule has 0 aliphatic rings. The summed E-state index contributed by atoms with van der Waals surface area (Å²) in [5.74, 6) is -3.27. The minimum Gasteiger partial charge on any atom is -0.460 e. The van der Waals surface area contributed by atoms with Crippen molar-refractivity contribution in [3.63, 3.8) is 0 Å². The first kappa shape index (κ1) is 40.4. The van der Waals surface area contributed by atoms with Crippen molar-refractivity contribution in [3.05, 3.63) is 112 Å². The Balaban J connectivity index is 0.00000627. The second-order valence-electron chi connectivity index (χ2n) is 11.9. The summed E-state index contributed by atoms with van der Waals surface area (Å²) in [5.41, 5.74) is 5.04. The van der Waals surface area contributed by atoms with Crippen LogP contribution in [0.4, 0.5) is 19.4 Å². The van der Waals surface area contributed by atoms with Gasteiger partial charge < -0.3 is 25.6 Å². The molecule has 0 aliphatic carbocycles. The molecule has 0 saturated carbocycles. The number of rotatable bonds is 14. The molecule has 280 valence electrons. The lowest BCUT2D eigenvalue weighted by Crippen LogP contribution is -2.42. The van der Waals surface area contributed by atoms with Crippen molar-refractivity contribution < 1.29 is 42.3 Å². The number of aromatic nitrogens is 5. The number of nitrogens with two attached hydrogens (primary N) is 1. The first-order valence-corrected chi connectivity index (χ1v) is 16.8. The maximum Gasteiger partial charge on any atom is 0.418 e. The van der Waals surface area contributed by atoms with Crippen LogP contribution in [-0.2, 0) is 33.0 Å². The van der Waals surface area contributed by atoms with Gasteiger partial charge >= 0.3 is 12.1 Å². The second kappa shape index (κ2) is 17.4. The molecule has 0 aliphatic heterocycles. The third-order valence-electron chi connectivity index (χ3n) is 8.33. The Bertz CT molecular complexity index is 2070. The van der Waals surface area contributed by atoms with E-state index in [0.717, 1.165) is 18.2 Å². The van der Waals surface area contributed by atoms with E-state index in [1.807, 2.05) is 0 Å². The highest BCUT2D eigenvalue weighted by atomic mass is 35.5. The predicted octanol–water partition coefficient (Wildman–Crippen LogP) is 4.23. The van der Waals surface area contributed by atoms with Crippen LogP contribution < -0.4 is 20.5 Å². The zero-order chi connectivity index (χ0) is 37.6. The number of hydrogen-bond donors (Lipinski definition) is 3.